The molecule has 1 aromatic carbocycles. The van der Waals surface area contributed by atoms with Crippen molar-refractivity contribution in [3.8, 4) is 11.5 Å². The van der Waals surface area contributed by atoms with Crippen molar-refractivity contribution >= 4 is 11.6 Å². The first-order valence-corrected chi connectivity index (χ1v) is 5.53. The molecule has 0 aliphatic carbocycles. The molecule has 5 heteroatoms. The van der Waals surface area contributed by atoms with E-state index in [-0.39, 0.29) is 5.02 Å². The molecule has 0 spiro atoms. The summed E-state index contributed by atoms with van der Waals surface area (Å²) >= 11 is 5.80. The first-order valence-electron chi connectivity index (χ1n) is 5.15. The number of nitrogens with one attached hydrogen (secondary N) is 1. The van der Waals surface area contributed by atoms with Crippen molar-refractivity contribution in [2.24, 2.45) is 0 Å². The molecule has 0 unspecified atom stereocenters. The fourth-order valence-electron chi connectivity index (χ4n) is 1.67. The van der Waals surface area contributed by atoms with Gasteiger partial charge >= 0.3 is 0 Å². The third-order valence-corrected chi connectivity index (χ3v) is 2.72. The summed E-state index contributed by atoms with van der Waals surface area (Å²) in [5, 5.41) is 3.04. The smallest absolute Gasteiger partial charge is 0.167 e. The van der Waals surface area contributed by atoms with Crippen molar-refractivity contribution in [2.45, 2.75) is 6.42 Å². The zero-order chi connectivity index (χ0) is 11.5. The van der Waals surface area contributed by atoms with Crippen LogP contribution in [0.3, 0.4) is 0 Å². The van der Waals surface area contributed by atoms with Crippen LogP contribution in [0.25, 0.3) is 0 Å². The van der Waals surface area contributed by atoms with Crippen LogP contribution in [0.15, 0.2) is 6.07 Å². The van der Waals surface area contributed by atoms with Crippen LogP contribution in [0.5, 0.6) is 11.5 Å². The molecule has 0 aromatic heterocycles. The van der Waals surface area contributed by atoms with Crippen LogP contribution in [0, 0.1) is 5.82 Å². The van der Waals surface area contributed by atoms with E-state index in [0.717, 1.165) is 0 Å². The van der Waals surface area contributed by atoms with Crippen LogP contribution < -0.4 is 14.8 Å². The van der Waals surface area contributed by atoms with Crippen LogP contribution in [-0.2, 0) is 6.42 Å². The summed E-state index contributed by atoms with van der Waals surface area (Å²) in [5.41, 5.74) is 0.483. The predicted molar refractivity (Wildman–Crippen MR) is 60.0 cm³/mol. The summed E-state index contributed by atoms with van der Waals surface area (Å²) in [6, 6.07) is 1.47. The van der Waals surface area contributed by atoms with E-state index in [2.05, 4.69) is 5.32 Å². The Morgan fingerprint density at radius 1 is 1.44 bits per heavy atom. The highest BCUT2D eigenvalue weighted by atomic mass is 35.5. The second-order valence-electron chi connectivity index (χ2n) is 3.53. The van der Waals surface area contributed by atoms with Gasteiger partial charge in [-0.2, -0.15) is 0 Å². The van der Waals surface area contributed by atoms with Crippen molar-refractivity contribution in [3.63, 3.8) is 0 Å². The molecular formula is C11H13ClFNO2. The van der Waals surface area contributed by atoms with Crippen LogP contribution >= 0.6 is 11.6 Å². The lowest BCUT2D eigenvalue weighted by atomic mass is 10.1. The summed E-state index contributed by atoms with van der Waals surface area (Å²) in [4.78, 5) is 0. The molecule has 3 nitrogen and oxygen atoms in total. The minimum Gasteiger partial charge on any atom is -0.486 e. The normalized spacial score (nSPS) is 13.9. The second kappa shape index (κ2) is 4.89. The topological polar surface area (TPSA) is 30.5 Å². The van der Waals surface area contributed by atoms with E-state index in [4.69, 9.17) is 21.1 Å². The highest BCUT2D eigenvalue weighted by Gasteiger charge is 2.22. The number of hydrogen-bond acceptors (Lipinski definition) is 3. The largest absolute Gasteiger partial charge is 0.486 e. The monoisotopic (exact) mass is 245 g/mol. The molecule has 0 atom stereocenters. The highest BCUT2D eigenvalue weighted by molar-refractivity contribution is 6.31. The molecule has 1 N–H and O–H groups in total. The first kappa shape index (κ1) is 11.5. The van der Waals surface area contributed by atoms with Crippen LogP contribution in [-0.4, -0.2) is 26.8 Å². The summed E-state index contributed by atoms with van der Waals surface area (Å²) in [5.74, 6) is 0.605. The van der Waals surface area contributed by atoms with Crippen molar-refractivity contribution in [1.29, 1.82) is 0 Å². The molecule has 0 radical (unpaired) electrons. The van der Waals surface area contributed by atoms with Gasteiger partial charge in [0.15, 0.2) is 11.5 Å². The standard InChI is InChI=1S/C11H13ClFNO2/c1-14-3-2-7-10(13)8(12)6-9-11(7)16-5-4-15-9/h6,14H,2-5H2,1H3. The van der Waals surface area contributed by atoms with Gasteiger partial charge in [0.1, 0.15) is 19.0 Å². The molecule has 0 saturated carbocycles. The van der Waals surface area contributed by atoms with E-state index < -0.39 is 5.82 Å². The maximum atomic E-state index is 13.8. The molecule has 1 aliphatic rings. The number of halogens is 2. The quantitative estimate of drug-likeness (QED) is 0.884. The van der Waals surface area contributed by atoms with Gasteiger partial charge in [0.2, 0.25) is 0 Å². The molecule has 0 saturated heterocycles. The maximum absolute atomic E-state index is 13.8. The minimum absolute atomic E-state index is 0.0790. The molecule has 16 heavy (non-hydrogen) atoms. The molecule has 0 amide bonds. The molecular weight excluding hydrogens is 233 g/mol. The first-order chi connectivity index (χ1) is 7.74. The zero-order valence-corrected chi connectivity index (χ0v) is 9.73. The molecule has 1 aliphatic heterocycles. The average molecular weight is 246 g/mol. The van der Waals surface area contributed by atoms with Crippen LogP contribution in [0.4, 0.5) is 4.39 Å². The van der Waals surface area contributed by atoms with Gasteiger partial charge in [-0.25, -0.2) is 4.39 Å². The van der Waals surface area contributed by atoms with Crippen molar-refractivity contribution in [1.82, 2.24) is 5.32 Å². The molecule has 1 heterocycles. The number of rotatable bonds is 3. The van der Waals surface area contributed by atoms with Gasteiger partial charge in [-0.15, -0.1) is 0 Å². The van der Waals surface area contributed by atoms with Gasteiger partial charge in [-0.1, -0.05) is 11.6 Å². The Balaban J connectivity index is 2.41. The second-order valence-corrected chi connectivity index (χ2v) is 3.94. The lowest BCUT2D eigenvalue weighted by Crippen LogP contribution is -2.19. The van der Waals surface area contributed by atoms with Crippen LogP contribution in [0.2, 0.25) is 5.02 Å². The van der Waals surface area contributed by atoms with E-state index in [1.54, 1.807) is 0 Å². The summed E-state index contributed by atoms with van der Waals surface area (Å²) < 4.78 is 24.6. The number of benzene rings is 1. The van der Waals surface area contributed by atoms with Crippen molar-refractivity contribution in [3.05, 3.63) is 22.5 Å². The van der Waals surface area contributed by atoms with E-state index in [1.165, 1.54) is 6.07 Å². The van der Waals surface area contributed by atoms with Gasteiger partial charge in [-0.3, -0.25) is 0 Å². The van der Waals surface area contributed by atoms with E-state index in [1.807, 2.05) is 7.05 Å². The van der Waals surface area contributed by atoms with Gasteiger partial charge < -0.3 is 14.8 Å². The maximum Gasteiger partial charge on any atom is 0.167 e. The van der Waals surface area contributed by atoms with Gasteiger partial charge in [0.05, 0.1) is 5.02 Å². The predicted octanol–water partition coefficient (Wildman–Crippen LogP) is 2.01. The third-order valence-electron chi connectivity index (χ3n) is 2.44. The Morgan fingerprint density at radius 3 is 2.94 bits per heavy atom. The minimum atomic E-state index is -0.416. The molecule has 1 aromatic rings. The van der Waals surface area contributed by atoms with Crippen LogP contribution in [0.1, 0.15) is 5.56 Å². The third kappa shape index (κ3) is 2.08. The molecule has 0 bridgehead atoms. The Morgan fingerprint density at radius 2 is 2.19 bits per heavy atom. The zero-order valence-electron chi connectivity index (χ0n) is 8.98. The number of likely N-dealkylation sites (N-methyl/N-ethyl adjacent to an activating group) is 1. The Labute approximate surface area is 98.5 Å². The molecule has 0 fully saturated rings. The highest BCUT2D eigenvalue weighted by Crippen LogP contribution is 2.39. The van der Waals surface area contributed by atoms with E-state index >= 15 is 0 Å². The Hall–Kier alpha value is -1.00. The van der Waals surface area contributed by atoms with Crippen molar-refractivity contribution < 1.29 is 13.9 Å². The SMILES string of the molecule is CNCCc1c(F)c(Cl)cc2c1OCCO2. The van der Waals surface area contributed by atoms with Gasteiger partial charge in [0, 0.05) is 11.6 Å². The lowest BCUT2D eigenvalue weighted by Gasteiger charge is -2.22. The number of hydrogen-bond donors (Lipinski definition) is 1. The fraction of sp³-hybridized carbons (Fsp3) is 0.455. The summed E-state index contributed by atoms with van der Waals surface area (Å²) in [7, 11) is 1.81. The summed E-state index contributed by atoms with van der Waals surface area (Å²) in [6.07, 6.45) is 0.522. The number of ether oxygens (including phenoxy) is 2. The summed E-state index contributed by atoms with van der Waals surface area (Å²) in [6.45, 7) is 1.58. The van der Waals surface area contributed by atoms with E-state index in [9.17, 15) is 4.39 Å². The van der Waals surface area contributed by atoms with E-state index in [0.29, 0.717) is 43.2 Å². The molecule has 2 rings (SSSR count). The fourth-order valence-corrected chi connectivity index (χ4v) is 1.88. The molecule has 88 valence electrons. The number of fused-ring (bicyclic) bond motifs is 1. The Bertz CT molecular complexity index is 398. The van der Waals surface area contributed by atoms with Gasteiger partial charge in [0.25, 0.3) is 0 Å². The van der Waals surface area contributed by atoms with Gasteiger partial charge in [-0.05, 0) is 20.0 Å². The average Bonchev–Trinajstić information content (AvgIpc) is 2.30. The Kier molecular flexibility index (Phi) is 3.51. The lowest BCUT2D eigenvalue weighted by molar-refractivity contribution is 0.169. The van der Waals surface area contributed by atoms with Crippen molar-refractivity contribution in [2.75, 3.05) is 26.8 Å².